The third kappa shape index (κ3) is 3.71. The Hall–Kier alpha value is -2.05. The van der Waals surface area contributed by atoms with E-state index in [-0.39, 0.29) is 5.92 Å². The van der Waals surface area contributed by atoms with Crippen molar-refractivity contribution in [2.45, 2.75) is 25.6 Å². The average molecular weight is 327 g/mol. The number of ether oxygens (including phenoxy) is 2. The number of methoxy groups -OCH3 is 1. The molecule has 5 nitrogen and oxygen atoms in total. The predicted molar refractivity (Wildman–Crippen MR) is 93.5 cm³/mol. The lowest BCUT2D eigenvalue weighted by Gasteiger charge is -2.13. The molecule has 1 aromatic heterocycles. The van der Waals surface area contributed by atoms with Gasteiger partial charge in [-0.3, -0.25) is 4.98 Å². The van der Waals surface area contributed by atoms with Crippen molar-refractivity contribution in [2.24, 2.45) is 0 Å². The third-order valence-corrected chi connectivity index (χ3v) is 4.17. The fourth-order valence-corrected chi connectivity index (χ4v) is 2.86. The van der Waals surface area contributed by atoms with Crippen LogP contribution in [0.2, 0.25) is 6.32 Å². The van der Waals surface area contributed by atoms with Crippen molar-refractivity contribution in [1.82, 2.24) is 4.98 Å². The summed E-state index contributed by atoms with van der Waals surface area (Å²) < 4.78 is 16.4. The van der Waals surface area contributed by atoms with Gasteiger partial charge >= 0.3 is 7.12 Å². The van der Waals surface area contributed by atoms with Crippen LogP contribution in [0.15, 0.2) is 36.7 Å². The maximum atomic E-state index is 9.55. The molecular formula is C18H22BNO4. The summed E-state index contributed by atoms with van der Waals surface area (Å²) in [6, 6.07) is 7.99. The molecule has 2 aromatic rings. The van der Waals surface area contributed by atoms with Gasteiger partial charge in [0.15, 0.2) is 11.5 Å². The largest absolute Gasteiger partial charge is 0.493 e. The van der Waals surface area contributed by atoms with Gasteiger partial charge in [-0.2, -0.15) is 0 Å². The molecule has 1 fully saturated rings. The van der Waals surface area contributed by atoms with Crippen LogP contribution in [-0.2, 0) is 4.65 Å². The number of nitrogens with zero attached hydrogens (tertiary/aromatic N) is 1. The summed E-state index contributed by atoms with van der Waals surface area (Å²) in [5.41, 5.74) is 3.12. The van der Waals surface area contributed by atoms with Crippen molar-refractivity contribution in [1.29, 1.82) is 0 Å². The van der Waals surface area contributed by atoms with Gasteiger partial charge in [0, 0.05) is 30.5 Å². The van der Waals surface area contributed by atoms with Gasteiger partial charge in [0.2, 0.25) is 0 Å². The minimum Gasteiger partial charge on any atom is -0.493 e. The van der Waals surface area contributed by atoms with E-state index < -0.39 is 7.12 Å². The summed E-state index contributed by atoms with van der Waals surface area (Å²) in [6.45, 7) is 3.25. The van der Waals surface area contributed by atoms with E-state index in [9.17, 15) is 5.02 Å². The number of benzene rings is 1. The molecule has 3 rings (SSSR count). The molecule has 0 amide bonds. The van der Waals surface area contributed by atoms with Crippen LogP contribution in [0.5, 0.6) is 11.5 Å². The molecule has 1 N–H and O–H groups in total. The first-order valence-electron chi connectivity index (χ1n) is 8.27. The SMILES string of the molecule is CCCOc1cc(-c2cncc([C@H]3COB(O)C3)c2)ccc1OC. The second-order valence-electron chi connectivity index (χ2n) is 5.94. The zero-order valence-corrected chi connectivity index (χ0v) is 14.1. The topological polar surface area (TPSA) is 60.8 Å². The Kier molecular flexibility index (Phi) is 5.38. The molecule has 0 saturated carbocycles. The average Bonchev–Trinajstić information content (AvgIpc) is 3.06. The van der Waals surface area contributed by atoms with E-state index in [1.54, 1.807) is 7.11 Å². The normalized spacial score (nSPS) is 17.1. The molecule has 126 valence electrons. The fourth-order valence-electron chi connectivity index (χ4n) is 2.86. The van der Waals surface area contributed by atoms with Crippen LogP contribution in [0.1, 0.15) is 24.8 Å². The molecule has 2 heterocycles. The molecule has 0 spiro atoms. The standard InChI is InChI=1S/C18H22BNO4/c1-3-6-23-18-8-13(4-5-17(18)22-2)14-7-15(11-20-10-14)16-9-19(21)24-12-16/h4-5,7-8,10-11,16,21H,3,6,9,12H2,1-2H3/t16-/m1/s1. The van der Waals surface area contributed by atoms with Crippen LogP contribution in [0.4, 0.5) is 0 Å². The summed E-state index contributed by atoms with van der Waals surface area (Å²) in [5.74, 6) is 1.65. The molecule has 1 atom stereocenters. The lowest BCUT2D eigenvalue weighted by atomic mass is 9.80. The first kappa shape index (κ1) is 16.8. The van der Waals surface area contributed by atoms with Crippen LogP contribution < -0.4 is 9.47 Å². The minimum absolute atomic E-state index is 0.182. The smallest absolute Gasteiger partial charge is 0.454 e. The molecule has 1 aliphatic rings. The van der Waals surface area contributed by atoms with Gasteiger partial charge in [-0.05, 0) is 42.1 Å². The Bertz CT molecular complexity index is 694. The van der Waals surface area contributed by atoms with E-state index in [1.807, 2.05) is 30.6 Å². The lowest BCUT2D eigenvalue weighted by Crippen LogP contribution is -2.07. The van der Waals surface area contributed by atoms with Crippen LogP contribution >= 0.6 is 0 Å². The number of pyridine rings is 1. The monoisotopic (exact) mass is 327 g/mol. The highest BCUT2D eigenvalue weighted by atomic mass is 16.5. The van der Waals surface area contributed by atoms with Crippen LogP contribution in [0.3, 0.4) is 0 Å². The van der Waals surface area contributed by atoms with E-state index >= 15 is 0 Å². The molecule has 1 saturated heterocycles. The van der Waals surface area contributed by atoms with E-state index in [0.717, 1.165) is 34.6 Å². The fraction of sp³-hybridized carbons (Fsp3) is 0.389. The quantitative estimate of drug-likeness (QED) is 0.826. The van der Waals surface area contributed by atoms with Gasteiger partial charge in [0.25, 0.3) is 0 Å². The van der Waals surface area contributed by atoms with Crippen molar-refractivity contribution >= 4 is 7.12 Å². The molecule has 1 aliphatic heterocycles. The van der Waals surface area contributed by atoms with Gasteiger partial charge < -0.3 is 19.2 Å². The Labute approximate surface area is 142 Å². The van der Waals surface area contributed by atoms with Crippen molar-refractivity contribution < 1.29 is 19.2 Å². The van der Waals surface area contributed by atoms with Gasteiger partial charge in [-0.25, -0.2) is 0 Å². The van der Waals surface area contributed by atoms with Gasteiger partial charge in [-0.1, -0.05) is 13.0 Å². The number of aromatic nitrogens is 1. The van der Waals surface area contributed by atoms with Crippen molar-refractivity contribution in [3.8, 4) is 22.6 Å². The Morgan fingerprint density at radius 2 is 2.12 bits per heavy atom. The van der Waals surface area contributed by atoms with Crippen LogP contribution in [-0.4, -0.2) is 37.4 Å². The van der Waals surface area contributed by atoms with E-state index in [2.05, 4.69) is 18.0 Å². The number of hydrogen-bond acceptors (Lipinski definition) is 5. The summed E-state index contributed by atoms with van der Waals surface area (Å²) in [6.07, 6.45) is 5.22. The summed E-state index contributed by atoms with van der Waals surface area (Å²) in [5, 5.41) is 9.55. The van der Waals surface area contributed by atoms with Gasteiger partial charge in [0.05, 0.1) is 13.7 Å². The zero-order chi connectivity index (χ0) is 16.9. The molecule has 0 radical (unpaired) electrons. The second-order valence-corrected chi connectivity index (χ2v) is 5.94. The lowest BCUT2D eigenvalue weighted by molar-refractivity contribution is 0.292. The maximum absolute atomic E-state index is 9.55. The Morgan fingerprint density at radius 3 is 2.83 bits per heavy atom. The highest BCUT2D eigenvalue weighted by molar-refractivity contribution is 6.43. The first-order chi connectivity index (χ1) is 11.7. The minimum atomic E-state index is -0.673. The van der Waals surface area contributed by atoms with Crippen LogP contribution in [0, 0.1) is 0 Å². The molecule has 0 aliphatic carbocycles. The first-order valence-corrected chi connectivity index (χ1v) is 8.27. The number of rotatable bonds is 6. The van der Waals surface area contributed by atoms with E-state index in [4.69, 9.17) is 14.1 Å². The highest BCUT2D eigenvalue weighted by Gasteiger charge is 2.30. The van der Waals surface area contributed by atoms with Crippen molar-refractivity contribution in [2.75, 3.05) is 20.3 Å². The molecule has 0 bridgehead atoms. The Balaban J connectivity index is 1.88. The molecule has 1 aromatic carbocycles. The molecule has 24 heavy (non-hydrogen) atoms. The van der Waals surface area contributed by atoms with E-state index in [1.165, 1.54) is 0 Å². The molecular weight excluding hydrogens is 305 g/mol. The van der Waals surface area contributed by atoms with Crippen molar-refractivity contribution in [3.63, 3.8) is 0 Å². The summed E-state index contributed by atoms with van der Waals surface area (Å²) in [7, 11) is 0.968. The Morgan fingerprint density at radius 1 is 1.25 bits per heavy atom. The molecule has 6 heteroatoms. The third-order valence-electron chi connectivity index (χ3n) is 4.17. The highest BCUT2D eigenvalue weighted by Crippen LogP contribution is 2.34. The summed E-state index contributed by atoms with van der Waals surface area (Å²) >= 11 is 0. The number of hydrogen-bond donors (Lipinski definition) is 1. The van der Waals surface area contributed by atoms with Crippen molar-refractivity contribution in [3.05, 3.63) is 42.2 Å². The van der Waals surface area contributed by atoms with Gasteiger partial charge in [0.1, 0.15) is 0 Å². The van der Waals surface area contributed by atoms with Crippen LogP contribution in [0.25, 0.3) is 11.1 Å². The maximum Gasteiger partial charge on any atom is 0.454 e. The van der Waals surface area contributed by atoms with E-state index in [0.29, 0.717) is 19.5 Å². The summed E-state index contributed by atoms with van der Waals surface area (Å²) in [4.78, 5) is 4.36. The zero-order valence-electron chi connectivity index (χ0n) is 14.1. The second kappa shape index (κ2) is 7.68. The molecule has 0 unspecified atom stereocenters. The predicted octanol–water partition coefficient (Wildman–Crippen LogP) is 3.14. The van der Waals surface area contributed by atoms with Gasteiger partial charge in [-0.15, -0.1) is 0 Å².